The molecule has 138 valence electrons. The topological polar surface area (TPSA) is 95.0 Å². The third-order valence-electron chi connectivity index (χ3n) is 4.47. The van der Waals surface area contributed by atoms with Gasteiger partial charge in [0.2, 0.25) is 10.0 Å². The minimum Gasteiger partial charge on any atom is -0.480 e. The summed E-state index contributed by atoms with van der Waals surface area (Å²) >= 11 is 0. The molecule has 0 radical (unpaired) electrons. The first kappa shape index (κ1) is 19.4. The van der Waals surface area contributed by atoms with Crippen LogP contribution in [0.1, 0.15) is 43.5 Å². The molecule has 1 aliphatic rings. The van der Waals surface area contributed by atoms with Crippen LogP contribution in [0.3, 0.4) is 0 Å². The van der Waals surface area contributed by atoms with E-state index < -0.39 is 27.9 Å². The van der Waals surface area contributed by atoms with Crippen LogP contribution in [0.15, 0.2) is 29.2 Å². The van der Waals surface area contributed by atoms with Gasteiger partial charge >= 0.3 is 5.97 Å². The summed E-state index contributed by atoms with van der Waals surface area (Å²) in [5.41, 5.74) is 0.196. The van der Waals surface area contributed by atoms with Crippen molar-refractivity contribution in [1.82, 2.24) is 9.21 Å². The van der Waals surface area contributed by atoms with Gasteiger partial charge in [-0.2, -0.15) is 4.31 Å². The van der Waals surface area contributed by atoms with Gasteiger partial charge < -0.3 is 10.0 Å². The number of carbonyl (C=O) groups is 2. The number of hydrogen-bond acceptors (Lipinski definition) is 4. The minimum atomic E-state index is -3.67. The lowest BCUT2D eigenvalue weighted by molar-refractivity contribution is -0.143. The molecule has 2 rings (SSSR count). The van der Waals surface area contributed by atoms with Crippen LogP contribution in [0.5, 0.6) is 0 Å². The first-order chi connectivity index (χ1) is 11.8. The zero-order valence-corrected chi connectivity index (χ0v) is 15.3. The fourth-order valence-electron chi connectivity index (χ4n) is 3.10. The van der Waals surface area contributed by atoms with E-state index in [0.717, 1.165) is 12.8 Å². The fraction of sp³-hybridized carbons (Fsp3) is 0.529. The Morgan fingerprint density at radius 1 is 1.24 bits per heavy atom. The molecule has 1 aromatic carbocycles. The predicted molar refractivity (Wildman–Crippen MR) is 92.9 cm³/mol. The summed E-state index contributed by atoms with van der Waals surface area (Å²) in [6.45, 7) is 4.54. The Morgan fingerprint density at radius 3 is 2.52 bits per heavy atom. The number of carboxylic acids is 1. The van der Waals surface area contributed by atoms with Gasteiger partial charge in [0.15, 0.2) is 0 Å². The molecule has 0 saturated carbocycles. The Labute approximate surface area is 148 Å². The van der Waals surface area contributed by atoms with E-state index in [0.29, 0.717) is 26.1 Å². The van der Waals surface area contributed by atoms with Gasteiger partial charge in [-0.05, 0) is 37.5 Å². The quantitative estimate of drug-likeness (QED) is 0.826. The summed E-state index contributed by atoms with van der Waals surface area (Å²) in [5.74, 6) is -1.47. The van der Waals surface area contributed by atoms with Crippen LogP contribution < -0.4 is 0 Å². The maximum absolute atomic E-state index is 12.8. The second-order valence-corrected chi connectivity index (χ2v) is 7.90. The van der Waals surface area contributed by atoms with Crippen LogP contribution in [0, 0.1) is 0 Å². The maximum Gasteiger partial charge on any atom is 0.326 e. The second-order valence-electron chi connectivity index (χ2n) is 5.97. The molecule has 0 spiro atoms. The predicted octanol–water partition coefficient (Wildman–Crippen LogP) is 1.80. The van der Waals surface area contributed by atoms with Crippen LogP contribution >= 0.6 is 0 Å². The molecule has 0 bridgehead atoms. The summed E-state index contributed by atoms with van der Waals surface area (Å²) in [6.07, 6.45) is 1.92. The fourth-order valence-corrected chi connectivity index (χ4v) is 4.60. The van der Waals surface area contributed by atoms with Crippen molar-refractivity contribution in [3.05, 3.63) is 29.8 Å². The van der Waals surface area contributed by atoms with Gasteiger partial charge in [0.05, 0.1) is 4.90 Å². The van der Waals surface area contributed by atoms with Gasteiger partial charge in [0.1, 0.15) is 6.04 Å². The van der Waals surface area contributed by atoms with Crippen molar-refractivity contribution in [2.24, 2.45) is 0 Å². The van der Waals surface area contributed by atoms with Gasteiger partial charge in [-0.15, -0.1) is 0 Å². The second kappa shape index (κ2) is 7.97. The number of hydrogen-bond donors (Lipinski definition) is 1. The SMILES string of the molecule is CCN(CC)S(=O)(=O)c1cccc(C(=O)N2CCCC[C@@H]2C(=O)O)c1. The molecule has 25 heavy (non-hydrogen) atoms. The Balaban J connectivity index is 2.35. The maximum atomic E-state index is 12.8. The Bertz CT molecular complexity index is 743. The monoisotopic (exact) mass is 368 g/mol. The lowest BCUT2D eigenvalue weighted by atomic mass is 10.0. The van der Waals surface area contributed by atoms with Crippen molar-refractivity contribution in [1.29, 1.82) is 0 Å². The molecule has 1 amide bonds. The molecular formula is C17H24N2O5S. The minimum absolute atomic E-state index is 0.0472. The molecule has 1 fully saturated rings. The smallest absolute Gasteiger partial charge is 0.326 e. The highest BCUT2D eigenvalue weighted by atomic mass is 32.2. The third kappa shape index (κ3) is 4.01. The summed E-state index contributed by atoms with van der Waals surface area (Å²) in [6, 6.07) is 4.98. The van der Waals surface area contributed by atoms with Crippen molar-refractivity contribution >= 4 is 21.9 Å². The number of benzene rings is 1. The van der Waals surface area contributed by atoms with Crippen LogP contribution in [0.25, 0.3) is 0 Å². The van der Waals surface area contributed by atoms with E-state index in [1.165, 1.54) is 33.5 Å². The molecule has 1 atom stereocenters. The van der Waals surface area contributed by atoms with Crippen molar-refractivity contribution in [2.45, 2.75) is 44.0 Å². The van der Waals surface area contributed by atoms with Crippen LogP contribution in [0.2, 0.25) is 0 Å². The van der Waals surface area contributed by atoms with Crippen molar-refractivity contribution in [3.8, 4) is 0 Å². The largest absolute Gasteiger partial charge is 0.480 e. The number of aliphatic carboxylic acids is 1. The molecule has 1 aromatic rings. The van der Waals surface area contributed by atoms with Crippen molar-refractivity contribution in [3.63, 3.8) is 0 Å². The van der Waals surface area contributed by atoms with Gasteiger partial charge in [-0.25, -0.2) is 13.2 Å². The average Bonchev–Trinajstić information content (AvgIpc) is 2.62. The first-order valence-electron chi connectivity index (χ1n) is 8.46. The van der Waals surface area contributed by atoms with E-state index in [2.05, 4.69) is 0 Å². The summed E-state index contributed by atoms with van der Waals surface area (Å²) < 4.78 is 26.6. The zero-order valence-electron chi connectivity index (χ0n) is 14.5. The molecule has 1 heterocycles. The molecule has 8 heteroatoms. The highest BCUT2D eigenvalue weighted by molar-refractivity contribution is 7.89. The molecule has 0 aliphatic carbocycles. The molecule has 1 aliphatic heterocycles. The number of likely N-dealkylation sites (tertiary alicyclic amines) is 1. The van der Waals surface area contributed by atoms with Gasteiger partial charge in [-0.3, -0.25) is 4.79 Å². The van der Waals surface area contributed by atoms with Crippen LogP contribution in [-0.2, 0) is 14.8 Å². The summed E-state index contributed by atoms with van der Waals surface area (Å²) in [7, 11) is -3.67. The van der Waals surface area contributed by atoms with E-state index in [1.807, 2.05) is 0 Å². The van der Waals surface area contributed by atoms with Gasteiger partial charge in [0.25, 0.3) is 5.91 Å². The number of piperidine rings is 1. The number of sulfonamides is 1. The Hall–Kier alpha value is -1.93. The number of carbonyl (C=O) groups excluding carboxylic acids is 1. The number of amides is 1. The number of nitrogens with zero attached hydrogens (tertiary/aromatic N) is 2. The van der Waals surface area contributed by atoms with Crippen LogP contribution in [0.4, 0.5) is 0 Å². The van der Waals surface area contributed by atoms with E-state index in [1.54, 1.807) is 13.8 Å². The van der Waals surface area contributed by atoms with E-state index in [-0.39, 0.29) is 10.5 Å². The van der Waals surface area contributed by atoms with Crippen molar-refractivity contribution in [2.75, 3.05) is 19.6 Å². The zero-order chi connectivity index (χ0) is 18.6. The standard InChI is InChI=1S/C17H24N2O5S/c1-3-18(4-2)25(23,24)14-9-7-8-13(12-14)16(20)19-11-6-5-10-15(19)17(21)22/h7-9,12,15H,3-6,10-11H2,1-2H3,(H,21,22)/t15-/m1/s1. The highest BCUT2D eigenvalue weighted by Gasteiger charge is 2.33. The number of carboxylic acid groups (broad SMARTS) is 1. The van der Waals surface area contributed by atoms with Crippen LogP contribution in [-0.4, -0.2) is 60.3 Å². The normalized spacial score (nSPS) is 18.4. The third-order valence-corrected chi connectivity index (χ3v) is 6.52. The van der Waals surface area contributed by atoms with E-state index >= 15 is 0 Å². The molecule has 1 N–H and O–H groups in total. The van der Waals surface area contributed by atoms with E-state index in [4.69, 9.17) is 0 Å². The molecule has 7 nitrogen and oxygen atoms in total. The Morgan fingerprint density at radius 2 is 1.92 bits per heavy atom. The summed E-state index contributed by atoms with van der Waals surface area (Å²) in [4.78, 5) is 25.5. The Kier molecular flexibility index (Phi) is 6.18. The molecular weight excluding hydrogens is 344 g/mol. The lowest BCUT2D eigenvalue weighted by Crippen LogP contribution is -2.48. The number of rotatable bonds is 6. The molecule has 0 unspecified atom stereocenters. The van der Waals surface area contributed by atoms with Gasteiger partial charge in [-0.1, -0.05) is 19.9 Å². The van der Waals surface area contributed by atoms with Crippen molar-refractivity contribution < 1.29 is 23.1 Å². The molecule has 1 saturated heterocycles. The highest BCUT2D eigenvalue weighted by Crippen LogP contribution is 2.22. The first-order valence-corrected chi connectivity index (χ1v) is 9.90. The lowest BCUT2D eigenvalue weighted by Gasteiger charge is -2.33. The molecule has 0 aromatic heterocycles. The average molecular weight is 368 g/mol. The van der Waals surface area contributed by atoms with E-state index in [9.17, 15) is 23.1 Å². The summed E-state index contributed by atoms with van der Waals surface area (Å²) in [5, 5.41) is 9.33. The van der Waals surface area contributed by atoms with Gasteiger partial charge in [0, 0.05) is 25.2 Å².